The quantitative estimate of drug-likeness (QED) is 0.833. The predicted molar refractivity (Wildman–Crippen MR) is 72.7 cm³/mol. The van der Waals surface area contributed by atoms with Gasteiger partial charge in [-0.25, -0.2) is 0 Å². The van der Waals surface area contributed by atoms with E-state index in [9.17, 15) is 9.59 Å². The number of nitrogens with one attached hydrogen (secondary N) is 2. The number of amides is 2. The number of ether oxygens (including phenoxy) is 1. The standard InChI is InChI=1S/C13H13N5O3/c1-18-15-6-8(17-18)5-14-13(20)9-3-2-4-10-12(9)21-7-11(19)16-10/h2-4,6H,5,7H2,1H3,(H,14,20)(H,16,19). The van der Waals surface area contributed by atoms with Gasteiger partial charge in [0.25, 0.3) is 11.8 Å². The third kappa shape index (κ3) is 2.69. The second-order valence-corrected chi connectivity index (χ2v) is 4.53. The Balaban J connectivity index is 1.76. The molecule has 1 aliphatic heterocycles. The Hall–Kier alpha value is -2.90. The highest BCUT2D eigenvalue weighted by Gasteiger charge is 2.22. The summed E-state index contributed by atoms with van der Waals surface area (Å²) < 4.78 is 5.34. The van der Waals surface area contributed by atoms with Crippen LogP contribution in [0.15, 0.2) is 24.4 Å². The minimum atomic E-state index is -0.298. The lowest BCUT2D eigenvalue weighted by Gasteiger charge is -2.20. The summed E-state index contributed by atoms with van der Waals surface area (Å²) in [5, 5.41) is 13.4. The molecule has 21 heavy (non-hydrogen) atoms. The van der Waals surface area contributed by atoms with Crippen LogP contribution in [-0.2, 0) is 18.4 Å². The fraction of sp³-hybridized carbons (Fsp3) is 0.231. The molecule has 0 radical (unpaired) electrons. The number of fused-ring (bicyclic) bond motifs is 1. The average Bonchev–Trinajstić information content (AvgIpc) is 2.89. The molecule has 1 aromatic carbocycles. The van der Waals surface area contributed by atoms with Gasteiger partial charge in [0.1, 0.15) is 5.69 Å². The van der Waals surface area contributed by atoms with Gasteiger partial charge in [-0.15, -0.1) is 0 Å². The number of anilines is 1. The maximum atomic E-state index is 12.2. The van der Waals surface area contributed by atoms with Crippen molar-refractivity contribution in [1.29, 1.82) is 0 Å². The van der Waals surface area contributed by atoms with Crippen molar-refractivity contribution in [3.05, 3.63) is 35.7 Å². The molecule has 1 aromatic heterocycles. The highest BCUT2D eigenvalue weighted by Crippen LogP contribution is 2.31. The molecule has 1 aliphatic rings. The minimum Gasteiger partial charge on any atom is -0.481 e. The molecule has 0 unspecified atom stereocenters. The Morgan fingerprint density at radius 2 is 2.38 bits per heavy atom. The van der Waals surface area contributed by atoms with E-state index in [0.717, 1.165) is 0 Å². The first-order valence-electron chi connectivity index (χ1n) is 6.32. The van der Waals surface area contributed by atoms with E-state index < -0.39 is 0 Å². The number of nitrogens with zero attached hydrogens (tertiary/aromatic N) is 3. The maximum absolute atomic E-state index is 12.2. The molecule has 8 heteroatoms. The Labute approximate surface area is 120 Å². The van der Waals surface area contributed by atoms with Crippen molar-refractivity contribution in [2.45, 2.75) is 6.54 Å². The van der Waals surface area contributed by atoms with Crippen molar-refractivity contribution in [1.82, 2.24) is 20.3 Å². The topological polar surface area (TPSA) is 98.1 Å². The van der Waals surface area contributed by atoms with Crippen LogP contribution < -0.4 is 15.4 Å². The van der Waals surface area contributed by atoms with Crippen LogP contribution in [-0.4, -0.2) is 33.4 Å². The summed E-state index contributed by atoms with van der Waals surface area (Å²) in [6, 6.07) is 5.01. The van der Waals surface area contributed by atoms with E-state index in [4.69, 9.17) is 4.74 Å². The van der Waals surface area contributed by atoms with Gasteiger partial charge in [0.15, 0.2) is 12.4 Å². The molecule has 8 nitrogen and oxygen atoms in total. The summed E-state index contributed by atoms with van der Waals surface area (Å²) >= 11 is 0. The van der Waals surface area contributed by atoms with Gasteiger partial charge in [-0.05, 0) is 12.1 Å². The second kappa shape index (κ2) is 5.23. The number of carbonyl (C=O) groups is 2. The lowest BCUT2D eigenvalue weighted by Crippen LogP contribution is -2.29. The Bertz CT molecular complexity index is 710. The van der Waals surface area contributed by atoms with Gasteiger partial charge in [-0.3, -0.25) is 9.59 Å². The molecule has 0 spiro atoms. The Kier molecular flexibility index (Phi) is 3.27. The van der Waals surface area contributed by atoms with Crippen molar-refractivity contribution >= 4 is 17.5 Å². The van der Waals surface area contributed by atoms with E-state index in [1.165, 1.54) is 4.80 Å². The Morgan fingerprint density at radius 3 is 3.14 bits per heavy atom. The van der Waals surface area contributed by atoms with Crippen LogP contribution >= 0.6 is 0 Å². The normalized spacial score (nSPS) is 13.1. The molecule has 2 aromatic rings. The molecule has 0 saturated carbocycles. The van der Waals surface area contributed by atoms with Crippen LogP contribution in [0.5, 0.6) is 5.75 Å². The SMILES string of the molecule is Cn1ncc(CNC(=O)c2cccc3c2OCC(=O)N3)n1. The van der Waals surface area contributed by atoms with E-state index in [1.807, 2.05) is 0 Å². The third-order valence-electron chi connectivity index (χ3n) is 2.96. The van der Waals surface area contributed by atoms with Gasteiger partial charge in [0.05, 0.1) is 24.0 Å². The predicted octanol–water partition coefficient (Wildman–Crippen LogP) is 0.0760. The summed E-state index contributed by atoms with van der Waals surface area (Å²) in [5.41, 5.74) is 1.53. The number of para-hydroxylation sites is 1. The molecule has 108 valence electrons. The van der Waals surface area contributed by atoms with Gasteiger partial charge in [-0.1, -0.05) is 6.07 Å². The van der Waals surface area contributed by atoms with Crippen molar-refractivity contribution in [2.75, 3.05) is 11.9 Å². The van der Waals surface area contributed by atoms with Crippen molar-refractivity contribution in [3.8, 4) is 5.75 Å². The lowest BCUT2D eigenvalue weighted by atomic mass is 10.1. The maximum Gasteiger partial charge on any atom is 0.262 e. The fourth-order valence-corrected chi connectivity index (χ4v) is 2.03. The van der Waals surface area contributed by atoms with Gasteiger partial charge >= 0.3 is 0 Å². The third-order valence-corrected chi connectivity index (χ3v) is 2.96. The highest BCUT2D eigenvalue weighted by molar-refractivity contribution is 6.03. The molecule has 2 heterocycles. The van der Waals surface area contributed by atoms with Crippen LogP contribution in [0, 0.1) is 0 Å². The van der Waals surface area contributed by atoms with Gasteiger partial charge < -0.3 is 15.4 Å². The Morgan fingerprint density at radius 1 is 1.52 bits per heavy atom. The average molecular weight is 287 g/mol. The van der Waals surface area contributed by atoms with Gasteiger partial charge in [0.2, 0.25) is 0 Å². The van der Waals surface area contributed by atoms with E-state index >= 15 is 0 Å². The molecule has 2 N–H and O–H groups in total. The molecular weight excluding hydrogens is 274 g/mol. The van der Waals surface area contributed by atoms with Gasteiger partial charge in [0, 0.05) is 7.05 Å². The fourth-order valence-electron chi connectivity index (χ4n) is 2.03. The monoisotopic (exact) mass is 287 g/mol. The summed E-state index contributed by atoms with van der Waals surface area (Å²) in [5.74, 6) is -0.151. The van der Waals surface area contributed by atoms with Crippen molar-refractivity contribution < 1.29 is 14.3 Å². The molecular formula is C13H13N5O3. The van der Waals surface area contributed by atoms with E-state index in [2.05, 4.69) is 20.8 Å². The zero-order chi connectivity index (χ0) is 14.8. The number of aromatic nitrogens is 3. The number of rotatable bonds is 3. The van der Waals surface area contributed by atoms with Gasteiger partial charge in [-0.2, -0.15) is 15.0 Å². The number of aryl methyl sites for hydroxylation is 1. The first-order valence-corrected chi connectivity index (χ1v) is 6.32. The first kappa shape index (κ1) is 13.1. The number of carbonyl (C=O) groups excluding carboxylic acids is 2. The van der Waals surface area contributed by atoms with Crippen LogP contribution in [0.3, 0.4) is 0 Å². The number of hydrogen-bond donors (Lipinski definition) is 2. The molecule has 0 atom stereocenters. The molecule has 0 bridgehead atoms. The van der Waals surface area contributed by atoms with Crippen LogP contribution in [0.1, 0.15) is 16.1 Å². The number of hydrogen-bond acceptors (Lipinski definition) is 5. The largest absolute Gasteiger partial charge is 0.481 e. The highest BCUT2D eigenvalue weighted by atomic mass is 16.5. The van der Waals surface area contributed by atoms with Crippen molar-refractivity contribution in [2.24, 2.45) is 7.05 Å². The lowest BCUT2D eigenvalue weighted by molar-refractivity contribution is -0.118. The van der Waals surface area contributed by atoms with E-state index in [0.29, 0.717) is 22.7 Å². The smallest absolute Gasteiger partial charge is 0.262 e. The molecule has 2 amide bonds. The summed E-state index contributed by atoms with van der Waals surface area (Å²) in [6.07, 6.45) is 1.58. The van der Waals surface area contributed by atoms with Crippen molar-refractivity contribution in [3.63, 3.8) is 0 Å². The second-order valence-electron chi connectivity index (χ2n) is 4.53. The van der Waals surface area contributed by atoms with Crippen LogP contribution in [0.2, 0.25) is 0 Å². The number of benzene rings is 1. The summed E-state index contributed by atoms with van der Waals surface area (Å²) in [7, 11) is 1.70. The molecule has 0 fully saturated rings. The molecule has 0 saturated heterocycles. The van der Waals surface area contributed by atoms with E-state index in [-0.39, 0.29) is 25.0 Å². The van der Waals surface area contributed by atoms with E-state index in [1.54, 1.807) is 31.4 Å². The van der Waals surface area contributed by atoms with Crippen LogP contribution in [0.25, 0.3) is 0 Å². The first-order chi connectivity index (χ1) is 10.1. The molecule has 0 aliphatic carbocycles. The summed E-state index contributed by atoms with van der Waals surface area (Å²) in [6.45, 7) is 0.171. The zero-order valence-corrected chi connectivity index (χ0v) is 11.3. The minimum absolute atomic E-state index is 0.0958. The molecule has 3 rings (SSSR count). The summed E-state index contributed by atoms with van der Waals surface area (Å²) in [4.78, 5) is 24.9. The zero-order valence-electron chi connectivity index (χ0n) is 11.3. The van der Waals surface area contributed by atoms with Crippen LogP contribution in [0.4, 0.5) is 5.69 Å².